The van der Waals surface area contributed by atoms with Crippen molar-refractivity contribution < 1.29 is 4.74 Å². The molecule has 16 heavy (non-hydrogen) atoms. The van der Waals surface area contributed by atoms with Crippen LogP contribution < -0.4 is 0 Å². The maximum atomic E-state index is 5.70. The summed E-state index contributed by atoms with van der Waals surface area (Å²) >= 11 is 0. The van der Waals surface area contributed by atoms with Gasteiger partial charge in [-0.3, -0.25) is 0 Å². The molecule has 0 aromatic heterocycles. The van der Waals surface area contributed by atoms with Crippen LogP contribution in [0.4, 0.5) is 0 Å². The number of ether oxygens (including phenoxy) is 1. The van der Waals surface area contributed by atoms with Crippen LogP contribution in [0.5, 0.6) is 0 Å². The molecule has 0 spiro atoms. The van der Waals surface area contributed by atoms with Gasteiger partial charge in [-0.1, -0.05) is 30.4 Å². The van der Waals surface area contributed by atoms with Crippen molar-refractivity contribution in [2.75, 3.05) is 6.61 Å². The number of benzene rings is 1. The summed E-state index contributed by atoms with van der Waals surface area (Å²) in [5, 5.41) is 0. The Morgan fingerprint density at radius 2 is 2.25 bits per heavy atom. The van der Waals surface area contributed by atoms with Gasteiger partial charge < -0.3 is 4.74 Å². The lowest BCUT2D eigenvalue weighted by Gasteiger charge is -2.27. The molecular weight excluding hydrogens is 196 g/mol. The van der Waals surface area contributed by atoms with Gasteiger partial charge in [-0.05, 0) is 41.5 Å². The maximum Gasteiger partial charge on any atom is 0.101 e. The molecule has 1 aliphatic carbocycles. The second kappa shape index (κ2) is 3.91. The molecule has 0 unspecified atom stereocenters. The molecule has 0 saturated carbocycles. The zero-order valence-electron chi connectivity index (χ0n) is 9.41. The van der Waals surface area contributed by atoms with Crippen LogP contribution in [0.25, 0.3) is 6.08 Å². The minimum Gasteiger partial charge on any atom is -0.369 e. The Morgan fingerprint density at radius 3 is 3.12 bits per heavy atom. The number of hydrogen-bond donors (Lipinski definition) is 0. The molecule has 82 valence electrons. The fourth-order valence-corrected chi connectivity index (χ4v) is 2.71. The first kappa shape index (κ1) is 9.86. The normalized spacial score (nSPS) is 22.4. The van der Waals surface area contributed by atoms with Crippen molar-refractivity contribution in [1.29, 1.82) is 0 Å². The molecular formula is C15H16O. The second-order valence-electron chi connectivity index (χ2n) is 4.42. The Morgan fingerprint density at radius 1 is 1.31 bits per heavy atom. The summed E-state index contributed by atoms with van der Waals surface area (Å²) in [5.74, 6) is 0. The van der Waals surface area contributed by atoms with Crippen LogP contribution in [0, 0.1) is 0 Å². The Balaban J connectivity index is 2.17. The molecule has 0 bridgehead atoms. The Labute approximate surface area is 96.4 Å². The highest BCUT2D eigenvalue weighted by molar-refractivity contribution is 5.63. The van der Waals surface area contributed by atoms with E-state index in [1.165, 1.54) is 35.1 Å². The minimum atomic E-state index is 0.0874. The van der Waals surface area contributed by atoms with E-state index in [0.717, 1.165) is 13.0 Å². The predicted octanol–water partition coefficient (Wildman–Crippen LogP) is 3.45. The van der Waals surface area contributed by atoms with Crippen LogP contribution in [0.1, 0.15) is 34.8 Å². The van der Waals surface area contributed by atoms with Gasteiger partial charge in [-0.15, -0.1) is 6.58 Å². The highest BCUT2D eigenvalue weighted by Crippen LogP contribution is 2.34. The van der Waals surface area contributed by atoms with Crippen molar-refractivity contribution in [3.63, 3.8) is 0 Å². The van der Waals surface area contributed by atoms with E-state index >= 15 is 0 Å². The second-order valence-corrected chi connectivity index (χ2v) is 4.42. The maximum absolute atomic E-state index is 5.70. The first-order valence-corrected chi connectivity index (χ1v) is 5.95. The first-order chi connectivity index (χ1) is 7.90. The summed E-state index contributed by atoms with van der Waals surface area (Å²) in [6, 6.07) is 4.47. The van der Waals surface area contributed by atoms with E-state index in [1.807, 2.05) is 6.08 Å². The zero-order valence-corrected chi connectivity index (χ0v) is 9.41. The minimum absolute atomic E-state index is 0.0874. The van der Waals surface area contributed by atoms with Crippen molar-refractivity contribution in [2.24, 2.45) is 0 Å². The van der Waals surface area contributed by atoms with Gasteiger partial charge in [0, 0.05) is 0 Å². The number of rotatable bonds is 1. The Kier molecular flexibility index (Phi) is 2.41. The molecule has 1 heteroatoms. The molecule has 1 heterocycles. The van der Waals surface area contributed by atoms with Crippen molar-refractivity contribution in [2.45, 2.75) is 25.4 Å². The summed E-state index contributed by atoms with van der Waals surface area (Å²) in [7, 11) is 0. The van der Waals surface area contributed by atoms with Crippen LogP contribution in [0.2, 0.25) is 0 Å². The van der Waals surface area contributed by atoms with Crippen LogP contribution in [-0.4, -0.2) is 6.61 Å². The SMILES string of the molecule is C=C[C@@H]1OCCc2c1ccc1c2C=CCC1. The molecule has 0 N–H and O–H groups in total. The third-order valence-corrected chi connectivity index (χ3v) is 3.52. The summed E-state index contributed by atoms with van der Waals surface area (Å²) < 4.78 is 5.70. The molecule has 0 fully saturated rings. The van der Waals surface area contributed by atoms with E-state index < -0.39 is 0 Å². The smallest absolute Gasteiger partial charge is 0.101 e. The average Bonchev–Trinajstić information content (AvgIpc) is 2.37. The number of allylic oxidation sites excluding steroid dienone is 1. The number of aryl methyl sites for hydroxylation is 1. The predicted molar refractivity (Wildman–Crippen MR) is 66.4 cm³/mol. The molecule has 1 aliphatic heterocycles. The van der Waals surface area contributed by atoms with E-state index in [1.54, 1.807) is 0 Å². The molecule has 0 radical (unpaired) electrons. The lowest BCUT2D eigenvalue weighted by molar-refractivity contribution is 0.0751. The fraction of sp³-hybridized carbons (Fsp3) is 0.333. The van der Waals surface area contributed by atoms with E-state index in [2.05, 4.69) is 30.9 Å². The Hall–Kier alpha value is -1.34. The van der Waals surface area contributed by atoms with Crippen LogP contribution in [0.3, 0.4) is 0 Å². The molecule has 1 aromatic rings. The van der Waals surface area contributed by atoms with Crippen molar-refractivity contribution in [3.8, 4) is 0 Å². The Bertz CT molecular complexity index is 457. The van der Waals surface area contributed by atoms with Gasteiger partial charge >= 0.3 is 0 Å². The van der Waals surface area contributed by atoms with Crippen molar-refractivity contribution in [3.05, 3.63) is 53.1 Å². The number of hydrogen-bond acceptors (Lipinski definition) is 1. The van der Waals surface area contributed by atoms with Gasteiger partial charge in [-0.25, -0.2) is 0 Å². The summed E-state index contributed by atoms with van der Waals surface area (Å²) in [6.45, 7) is 4.67. The van der Waals surface area contributed by atoms with Gasteiger partial charge in [0.25, 0.3) is 0 Å². The van der Waals surface area contributed by atoms with Gasteiger partial charge in [0.15, 0.2) is 0 Å². The average molecular weight is 212 g/mol. The third-order valence-electron chi connectivity index (χ3n) is 3.52. The van der Waals surface area contributed by atoms with E-state index in [4.69, 9.17) is 4.74 Å². The van der Waals surface area contributed by atoms with Crippen LogP contribution in [0.15, 0.2) is 30.9 Å². The summed E-state index contributed by atoms with van der Waals surface area (Å²) in [5.41, 5.74) is 5.72. The molecule has 3 rings (SSSR count). The van der Waals surface area contributed by atoms with Gasteiger partial charge in [0.05, 0.1) is 6.61 Å². The molecule has 0 amide bonds. The molecule has 1 nitrogen and oxygen atoms in total. The number of fused-ring (bicyclic) bond motifs is 3. The summed E-state index contributed by atoms with van der Waals surface area (Å²) in [4.78, 5) is 0. The van der Waals surface area contributed by atoms with Crippen molar-refractivity contribution in [1.82, 2.24) is 0 Å². The van der Waals surface area contributed by atoms with E-state index in [9.17, 15) is 0 Å². The zero-order chi connectivity index (χ0) is 11.0. The van der Waals surface area contributed by atoms with Crippen molar-refractivity contribution >= 4 is 6.08 Å². The van der Waals surface area contributed by atoms with Crippen LogP contribution >= 0.6 is 0 Å². The van der Waals surface area contributed by atoms with Crippen LogP contribution in [-0.2, 0) is 17.6 Å². The molecule has 1 aromatic carbocycles. The fourth-order valence-electron chi connectivity index (χ4n) is 2.71. The quantitative estimate of drug-likeness (QED) is 0.648. The highest BCUT2D eigenvalue weighted by atomic mass is 16.5. The molecule has 1 atom stereocenters. The lowest BCUT2D eigenvalue weighted by atomic mass is 9.86. The van der Waals surface area contributed by atoms with E-state index in [-0.39, 0.29) is 6.10 Å². The molecule has 2 aliphatic rings. The monoisotopic (exact) mass is 212 g/mol. The van der Waals surface area contributed by atoms with E-state index in [0.29, 0.717) is 0 Å². The topological polar surface area (TPSA) is 9.23 Å². The lowest BCUT2D eigenvalue weighted by Crippen LogP contribution is -2.17. The van der Waals surface area contributed by atoms with Gasteiger partial charge in [-0.2, -0.15) is 0 Å². The largest absolute Gasteiger partial charge is 0.369 e. The molecule has 0 saturated heterocycles. The summed E-state index contributed by atoms with van der Waals surface area (Å²) in [6.07, 6.45) is 9.93. The third kappa shape index (κ3) is 1.43. The van der Waals surface area contributed by atoms with Gasteiger partial charge in [0.1, 0.15) is 6.10 Å². The first-order valence-electron chi connectivity index (χ1n) is 5.95. The highest BCUT2D eigenvalue weighted by Gasteiger charge is 2.22. The van der Waals surface area contributed by atoms with Gasteiger partial charge in [0.2, 0.25) is 0 Å². The standard InChI is InChI=1S/C15H16O/c1-2-15-14-8-7-11-5-3-4-6-12(11)13(14)9-10-16-15/h2,4,6-8,15H,1,3,5,9-10H2/t15-/m0/s1.